The fourth-order valence-electron chi connectivity index (χ4n) is 1.75. The van der Waals surface area contributed by atoms with Crippen LogP contribution in [-0.4, -0.2) is 28.3 Å². The second-order valence-electron chi connectivity index (χ2n) is 4.92. The number of urea groups is 1. The maximum Gasteiger partial charge on any atom is 0.321 e. The first-order valence-electron chi connectivity index (χ1n) is 7.17. The van der Waals surface area contributed by atoms with E-state index >= 15 is 0 Å². The number of nitrogens with zero attached hydrogens (tertiary/aromatic N) is 2. The molecule has 0 atom stereocenters. The number of thioether (sulfide) groups is 1. The Morgan fingerprint density at radius 3 is 2.68 bits per heavy atom. The Morgan fingerprint density at radius 1 is 1.18 bits per heavy atom. The van der Waals surface area contributed by atoms with Crippen LogP contribution in [0.1, 0.15) is 17.7 Å². The Hall–Kier alpha value is -2.08. The average Bonchev–Trinajstić information content (AvgIpc) is 2.49. The fraction of sp³-hybridized carbons (Fsp3) is 0.312. The molecule has 0 saturated carbocycles. The minimum Gasteiger partial charge on any atom is -0.338 e. The van der Waals surface area contributed by atoms with Gasteiger partial charge in [0.2, 0.25) is 5.95 Å². The van der Waals surface area contributed by atoms with Crippen molar-refractivity contribution in [2.75, 3.05) is 17.6 Å². The summed E-state index contributed by atoms with van der Waals surface area (Å²) >= 11 is 1.79. The molecule has 1 aromatic carbocycles. The van der Waals surface area contributed by atoms with Crippen LogP contribution in [0.25, 0.3) is 0 Å². The molecule has 0 aliphatic heterocycles. The van der Waals surface area contributed by atoms with E-state index < -0.39 is 0 Å². The molecule has 116 valence electrons. The van der Waals surface area contributed by atoms with E-state index in [1.807, 2.05) is 6.92 Å². The van der Waals surface area contributed by atoms with Crippen LogP contribution >= 0.6 is 11.8 Å². The van der Waals surface area contributed by atoms with Crippen LogP contribution < -0.4 is 10.6 Å². The van der Waals surface area contributed by atoms with Crippen molar-refractivity contribution >= 4 is 23.7 Å². The quantitative estimate of drug-likeness (QED) is 0.633. The Kier molecular flexibility index (Phi) is 6.21. The van der Waals surface area contributed by atoms with Crippen molar-refractivity contribution in [1.82, 2.24) is 15.3 Å². The van der Waals surface area contributed by atoms with E-state index in [0.29, 0.717) is 12.5 Å². The van der Waals surface area contributed by atoms with Gasteiger partial charge in [0.1, 0.15) is 0 Å². The van der Waals surface area contributed by atoms with Gasteiger partial charge in [-0.15, -0.1) is 11.8 Å². The minimum atomic E-state index is -0.272. The number of carbonyl (C=O) groups excluding carboxylic acids is 1. The molecule has 2 amide bonds. The maximum atomic E-state index is 11.7. The molecule has 1 heterocycles. The molecule has 0 fully saturated rings. The summed E-state index contributed by atoms with van der Waals surface area (Å²) < 4.78 is 0. The zero-order chi connectivity index (χ0) is 15.8. The molecule has 2 aromatic rings. The van der Waals surface area contributed by atoms with Crippen LogP contribution in [0.2, 0.25) is 0 Å². The molecule has 0 radical (unpaired) electrons. The molecule has 22 heavy (non-hydrogen) atoms. The summed E-state index contributed by atoms with van der Waals surface area (Å²) in [6.45, 7) is 4.55. The largest absolute Gasteiger partial charge is 0.338 e. The van der Waals surface area contributed by atoms with Crippen LogP contribution in [0.15, 0.2) is 41.4 Å². The Morgan fingerprint density at radius 2 is 1.95 bits per heavy atom. The van der Waals surface area contributed by atoms with Gasteiger partial charge in [0.25, 0.3) is 0 Å². The molecular formula is C16H20N4OS. The molecule has 2 N–H and O–H groups in total. The summed E-state index contributed by atoms with van der Waals surface area (Å²) in [5.74, 6) is 1.29. The number of hydrogen-bond donors (Lipinski definition) is 2. The number of rotatable bonds is 6. The van der Waals surface area contributed by atoms with E-state index in [2.05, 4.69) is 51.8 Å². The first kappa shape index (κ1) is 16.3. The van der Waals surface area contributed by atoms with Gasteiger partial charge in [-0.3, -0.25) is 5.32 Å². The van der Waals surface area contributed by atoms with E-state index in [0.717, 1.165) is 17.9 Å². The van der Waals surface area contributed by atoms with Gasteiger partial charge in [-0.1, -0.05) is 17.7 Å². The predicted molar refractivity (Wildman–Crippen MR) is 90.3 cm³/mol. The summed E-state index contributed by atoms with van der Waals surface area (Å²) in [4.78, 5) is 21.0. The molecule has 0 spiro atoms. The molecule has 0 saturated heterocycles. The van der Waals surface area contributed by atoms with Crippen LogP contribution in [0, 0.1) is 13.8 Å². The van der Waals surface area contributed by atoms with Gasteiger partial charge in [0, 0.05) is 23.3 Å². The molecule has 0 unspecified atom stereocenters. The highest BCUT2D eigenvalue weighted by molar-refractivity contribution is 7.99. The van der Waals surface area contributed by atoms with Crippen molar-refractivity contribution in [3.8, 4) is 0 Å². The number of nitrogens with one attached hydrogen (secondary N) is 2. The van der Waals surface area contributed by atoms with Crippen LogP contribution in [0.5, 0.6) is 0 Å². The van der Waals surface area contributed by atoms with Crippen molar-refractivity contribution < 1.29 is 4.79 Å². The average molecular weight is 316 g/mol. The standard InChI is InChI=1S/C16H20N4OS/c1-12-4-6-14(7-5-12)22-11-3-9-18-16(21)20-15-17-10-8-13(2)19-15/h4-8,10H,3,9,11H2,1-2H3,(H2,17,18,19,20,21). The summed E-state index contributed by atoms with van der Waals surface area (Å²) in [5.41, 5.74) is 2.08. The smallest absolute Gasteiger partial charge is 0.321 e. The third kappa shape index (κ3) is 5.73. The highest BCUT2D eigenvalue weighted by Gasteiger charge is 2.03. The lowest BCUT2D eigenvalue weighted by Crippen LogP contribution is -2.30. The van der Waals surface area contributed by atoms with Gasteiger partial charge in [0.05, 0.1) is 0 Å². The lowest BCUT2D eigenvalue weighted by molar-refractivity contribution is 0.252. The number of benzene rings is 1. The van der Waals surface area contributed by atoms with Gasteiger partial charge in [0.15, 0.2) is 0 Å². The predicted octanol–water partition coefficient (Wildman–Crippen LogP) is 3.40. The highest BCUT2D eigenvalue weighted by Crippen LogP contribution is 2.18. The third-order valence-electron chi connectivity index (χ3n) is 2.92. The second kappa shape index (κ2) is 8.38. The number of amides is 2. The molecule has 1 aromatic heterocycles. The molecule has 0 aliphatic carbocycles. The molecule has 2 rings (SSSR count). The monoisotopic (exact) mass is 316 g/mol. The summed E-state index contributed by atoms with van der Waals surface area (Å²) in [7, 11) is 0. The molecule has 5 nitrogen and oxygen atoms in total. The van der Waals surface area contributed by atoms with Crippen molar-refractivity contribution in [2.45, 2.75) is 25.2 Å². The van der Waals surface area contributed by atoms with Crippen LogP contribution in [-0.2, 0) is 0 Å². The Balaban J connectivity index is 1.62. The van der Waals surface area contributed by atoms with Crippen LogP contribution in [0.4, 0.5) is 10.7 Å². The highest BCUT2D eigenvalue weighted by atomic mass is 32.2. The third-order valence-corrected chi connectivity index (χ3v) is 4.01. The lowest BCUT2D eigenvalue weighted by atomic mass is 10.2. The zero-order valence-corrected chi connectivity index (χ0v) is 13.6. The van der Waals surface area contributed by atoms with Crippen molar-refractivity contribution in [3.05, 3.63) is 47.8 Å². The maximum absolute atomic E-state index is 11.7. The van der Waals surface area contributed by atoms with Gasteiger partial charge >= 0.3 is 6.03 Å². The van der Waals surface area contributed by atoms with Crippen molar-refractivity contribution in [2.24, 2.45) is 0 Å². The minimum absolute atomic E-state index is 0.272. The zero-order valence-electron chi connectivity index (χ0n) is 12.8. The first-order valence-corrected chi connectivity index (χ1v) is 8.16. The van der Waals surface area contributed by atoms with E-state index in [9.17, 15) is 4.79 Å². The fourth-order valence-corrected chi connectivity index (χ4v) is 2.61. The molecule has 0 aliphatic rings. The van der Waals surface area contributed by atoms with Gasteiger partial charge in [-0.25, -0.2) is 14.8 Å². The number of carbonyl (C=O) groups is 1. The van der Waals surface area contributed by atoms with Gasteiger partial charge in [-0.05, 0) is 44.2 Å². The summed E-state index contributed by atoms with van der Waals surface area (Å²) in [5, 5.41) is 5.42. The number of aromatic nitrogens is 2. The molecule has 0 bridgehead atoms. The van der Waals surface area contributed by atoms with Crippen LogP contribution in [0.3, 0.4) is 0 Å². The molecule has 6 heteroatoms. The first-order chi connectivity index (χ1) is 10.6. The number of hydrogen-bond acceptors (Lipinski definition) is 4. The topological polar surface area (TPSA) is 66.9 Å². The van der Waals surface area contributed by atoms with Crippen molar-refractivity contribution in [3.63, 3.8) is 0 Å². The van der Waals surface area contributed by atoms with E-state index in [1.165, 1.54) is 10.5 Å². The van der Waals surface area contributed by atoms with Crippen molar-refractivity contribution in [1.29, 1.82) is 0 Å². The normalized spacial score (nSPS) is 10.3. The number of anilines is 1. The van der Waals surface area contributed by atoms with E-state index in [4.69, 9.17) is 0 Å². The molecular weight excluding hydrogens is 296 g/mol. The SMILES string of the molecule is Cc1ccc(SCCCNC(=O)Nc2nccc(C)n2)cc1. The van der Waals surface area contributed by atoms with E-state index in [-0.39, 0.29) is 6.03 Å². The Bertz CT molecular complexity index is 616. The Labute approximate surface area is 135 Å². The lowest BCUT2D eigenvalue weighted by Gasteiger charge is -2.06. The van der Waals surface area contributed by atoms with Gasteiger partial charge in [-0.2, -0.15) is 0 Å². The number of aryl methyl sites for hydroxylation is 2. The van der Waals surface area contributed by atoms with Gasteiger partial charge < -0.3 is 5.32 Å². The second-order valence-corrected chi connectivity index (χ2v) is 6.09. The summed E-state index contributed by atoms with van der Waals surface area (Å²) in [6, 6.07) is 9.97. The summed E-state index contributed by atoms with van der Waals surface area (Å²) in [6.07, 6.45) is 2.52. The van der Waals surface area contributed by atoms with E-state index in [1.54, 1.807) is 24.0 Å².